The van der Waals surface area contributed by atoms with E-state index in [-0.39, 0.29) is 11.0 Å². The summed E-state index contributed by atoms with van der Waals surface area (Å²) in [6.07, 6.45) is 1.65. The van der Waals surface area contributed by atoms with Crippen LogP contribution in [0.25, 0.3) is 5.69 Å². The molecule has 1 unspecified atom stereocenters. The minimum atomic E-state index is -0.278. The van der Waals surface area contributed by atoms with Gasteiger partial charge in [-0.15, -0.1) is 10.2 Å². The van der Waals surface area contributed by atoms with E-state index in [4.69, 9.17) is 4.74 Å². The molecular formula is C21H23N3O2S. The molecule has 0 aliphatic heterocycles. The predicted octanol–water partition coefficient (Wildman–Crippen LogP) is 4.56. The first-order valence-electron chi connectivity index (χ1n) is 8.74. The Hall–Kier alpha value is -2.60. The maximum atomic E-state index is 13.0. The molecule has 0 aliphatic rings. The van der Waals surface area contributed by atoms with E-state index < -0.39 is 0 Å². The lowest BCUT2D eigenvalue weighted by atomic mass is 9.97. The zero-order chi connectivity index (χ0) is 19.6. The Morgan fingerprint density at radius 3 is 2.59 bits per heavy atom. The Balaban J connectivity index is 1.85. The third-order valence-electron chi connectivity index (χ3n) is 4.61. The largest absolute Gasteiger partial charge is 0.497 e. The Labute approximate surface area is 163 Å². The monoisotopic (exact) mass is 381 g/mol. The number of methoxy groups -OCH3 is 1. The molecule has 0 amide bonds. The lowest BCUT2D eigenvalue weighted by Crippen LogP contribution is -2.16. The normalized spacial score (nSPS) is 12.0. The average Bonchev–Trinajstić information content (AvgIpc) is 3.12. The van der Waals surface area contributed by atoms with Crippen molar-refractivity contribution in [2.75, 3.05) is 7.11 Å². The number of Topliss-reactive ketones (excluding diaryl/α,β-unsaturated/α-hetero) is 1. The number of rotatable bonds is 6. The molecule has 0 saturated carbocycles. The maximum absolute atomic E-state index is 13.0. The van der Waals surface area contributed by atoms with E-state index in [9.17, 15) is 4.79 Å². The molecule has 0 N–H and O–H groups in total. The zero-order valence-corrected chi connectivity index (χ0v) is 17.0. The molecule has 0 fully saturated rings. The lowest BCUT2D eigenvalue weighted by molar-refractivity contribution is 0.0993. The molecule has 1 aromatic heterocycles. The molecule has 3 rings (SSSR count). The Kier molecular flexibility index (Phi) is 5.65. The van der Waals surface area contributed by atoms with Gasteiger partial charge in [0.25, 0.3) is 0 Å². The van der Waals surface area contributed by atoms with Crippen molar-refractivity contribution in [2.24, 2.45) is 0 Å². The van der Waals surface area contributed by atoms with Crippen LogP contribution in [-0.2, 0) is 0 Å². The molecule has 27 heavy (non-hydrogen) atoms. The number of carbonyl (C=O) groups excluding carboxylic acids is 1. The van der Waals surface area contributed by atoms with Crippen LogP contribution in [0.15, 0.2) is 47.9 Å². The van der Waals surface area contributed by atoms with Crippen molar-refractivity contribution in [3.8, 4) is 11.4 Å². The molecule has 1 heterocycles. The number of carbonyl (C=O) groups is 1. The van der Waals surface area contributed by atoms with E-state index in [0.29, 0.717) is 5.16 Å². The molecule has 0 spiro atoms. The third kappa shape index (κ3) is 4.06. The minimum absolute atomic E-state index is 0.0980. The fraction of sp³-hybridized carbons (Fsp3) is 0.286. The standard InChI is InChI=1S/C21H23N3O2S/c1-13-9-15(3)19(10-14(13)2)20(25)16(4)27-21-23-22-12-24(21)17-7-6-8-18(11-17)26-5/h6-12,16H,1-5H3. The topological polar surface area (TPSA) is 57.0 Å². The number of ether oxygens (including phenoxy) is 1. The molecule has 2 aromatic carbocycles. The molecule has 5 nitrogen and oxygen atoms in total. The van der Waals surface area contributed by atoms with E-state index in [2.05, 4.69) is 23.2 Å². The molecule has 0 saturated heterocycles. The highest BCUT2D eigenvalue weighted by Crippen LogP contribution is 2.28. The lowest BCUT2D eigenvalue weighted by Gasteiger charge is -2.14. The third-order valence-corrected chi connectivity index (χ3v) is 5.66. The first kappa shape index (κ1) is 19.2. The highest BCUT2D eigenvalue weighted by Gasteiger charge is 2.21. The SMILES string of the molecule is COc1cccc(-n2cnnc2SC(C)C(=O)c2cc(C)c(C)cc2C)c1. The number of aromatic nitrogens is 3. The molecule has 0 bridgehead atoms. The van der Waals surface area contributed by atoms with Gasteiger partial charge < -0.3 is 4.74 Å². The van der Waals surface area contributed by atoms with Gasteiger partial charge >= 0.3 is 0 Å². The van der Waals surface area contributed by atoms with Crippen molar-refractivity contribution in [1.29, 1.82) is 0 Å². The van der Waals surface area contributed by atoms with Crippen LogP contribution < -0.4 is 4.74 Å². The van der Waals surface area contributed by atoms with Crippen LogP contribution >= 0.6 is 11.8 Å². The number of ketones is 1. The van der Waals surface area contributed by atoms with Crippen LogP contribution in [0.1, 0.15) is 34.0 Å². The summed E-state index contributed by atoms with van der Waals surface area (Å²) in [6, 6.07) is 11.7. The fourth-order valence-corrected chi connectivity index (χ4v) is 3.81. The van der Waals surface area contributed by atoms with Crippen LogP contribution in [0.4, 0.5) is 0 Å². The molecule has 1 atom stereocenters. The summed E-state index contributed by atoms with van der Waals surface area (Å²) in [5.41, 5.74) is 4.99. The second kappa shape index (κ2) is 7.96. The summed E-state index contributed by atoms with van der Waals surface area (Å²) in [5.74, 6) is 0.854. The van der Waals surface area contributed by atoms with E-state index in [1.165, 1.54) is 17.3 Å². The van der Waals surface area contributed by atoms with Gasteiger partial charge in [-0.25, -0.2) is 0 Å². The van der Waals surface area contributed by atoms with Crippen LogP contribution in [0.2, 0.25) is 0 Å². The van der Waals surface area contributed by atoms with Crippen LogP contribution in [-0.4, -0.2) is 32.9 Å². The first-order chi connectivity index (χ1) is 12.9. The highest BCUT2D eigenvalue weighted by atomic mass is 32.2. The van der Waals surface area contributed by atoms with Gasteiger partial charge in [-0.3, -0.25) is 9.36 Å². The van der Waals surface area contributed by atoms with Crippen molar-refractivity contribution >= 4 is 17.5 Å². The Morgan fingerprint density at radius 2 is 1.85 bits per heavy atom. The number of hydrogen-bond donors (Lipinski definition) is 0. The molecule has 0 radical (unpaired) electrons. The Bertz CT molecular complexity index is 981. The van der Waals surface area contributed by atoms with Gasteiger partial charge in [0.2, 0.25) is 0 Å². The number of aryl methyl sites for hydroxylation is 3. The van der Waals surface area contributed by atoms with Crippen molar-refractivity contribution in [2.45, 2.75) is 38.1 Å². The summed E-state index contributed by atoms with van der Waals surface area (Å²) < 4.78 is 7.15. The van der Waals surface area contributed by atoms with Crippen LogP contribution in [0, 0.1) is 20.8 Å². The summed E-state index contributed by atoms with van der Waals surface area (Å²) in [7, 11) is 1.63. The predicted molar refractivity (Wildman–Crippen MR) is 108 cm³/mol. The second-order valence-corrected chi connectivity index (χ2v) is 7.87. The maximum Gasteiger partial charge on any atom is 0.196 e. The number of nitrogens with zero attached hydrogens (tertiary/aromatic N) is 3. The van der Waals surface area contributed by atoms with E-state index in [1.807, 2.05) is 55.7 Å². The fourth-order valence-electron chi connectivity index (χ4n) is 2.90. The minimum Gasteiger partial charge on any atom is -0.497 e. The average molecular weight is 382 g/mol. The molecular weight excluding hydrogens is 358 g/mol. The van der Waals surface area contributed by atoms with Gasteiger partial charge in [0.15, 0.2) is 10.9 Å². The molecule has 3 aromatic rings. The summed E-state index contributed by atoms with van der Waals surface area (Å²) in [5, 5.41) is 8.62. The smallest absolute Gasteiger partial charge is 0.196 e. The second-order valence-electron chi connectivity index (χ2n) is 6.56. The van der Waals surface area contributed by atoms with Crippen LogP contribution in [0.3, 0.4) is 0 Å². The van der Waals surface area contributed by atoms with E-state index >= 15 is 0 Å². The van der Waals surface area contributed by atoms with Crippen LogP contribution in [0.5, 0.6) is 5.75 Å². The first-order valence-corrected chi connectivity index (χ1v) is 9.62. The van der Waals surface area contributed by atoms with Gasteiger partial charge in [0.1, 0.15) is 12.1 Å². The number of benzene rings is 2. The summed E-state index contributed by atoms with van der Waals surface area (Å²) >= 11 is 1.41. The van der Waals surface area contributed by atoms with Crippen molar-refractivity contribution < 1.29 is 9.53 Å². The summed E-state index contributed by atoms with van der Waals surface area (Å²) in [6.45, 7) is 7.98. The van der Waals surface area contributed by atoms with Gasteiger partial charge in [0, 0.05) is 11.6 Å². The van der Waals surface area contributed by atoms with Crippen molar-refractivity contribution in [3.05, 3.63) is 65.0 Å². The molecule has 0 aliphatic carbocycles. The Morgan fingerprint density at radius 1 is 1.11 bits per heavy atom. The van der Waals surface area contributed by atoms with Crippen molar-refractivity contribution in [1.82, 2.24) is 14.8 Å². The molecule has 140 valence electrons. The summed E-state index contributed by atoms with van der Waals surface area (Å²) in [4.78, 5) is 13.0. The van der Waals surface area contributed by atoms with Gasteiger partial charge in [-0.1, -0.05) is 23.9 Å². The quantitative estimate of drug-likeness (QED) is 0.463. The van der Waals surface area contributed by atoms with Gasteiger partial charge in [0.05, 0.1) is 18.0 Å². The zero-order valence-electron chi connectivity index (χ0n) is 16.2. The van der Waals surface area contributed by atoms with Gasteiger partial charge in [-0.05, 0) is 62.6 Å². The molecule has 6 heteroatoms. The number of hydrogen-bond acceptors (Lipinski definition) is 5. The van der Waals surface area contributed by atoms with Gasteiger partial charge in [-0.2, -0.15) is 0 Å². The van der Waals surface area contributed by atoms with E-state index in [0.717, 1.165) is 28.1 Å². The highest BCUT2D eigenvalue weighted by molar-refractivity contribution is 8.00. The number of thioether (sulfide) groups is 1. The van der Waals surface area contributed by atoms with E-state index in [1.54, 1.807) is 13.4 Å². The van der Waals surface area contributed by atoms with Crippen molar-refractivity contribution in [3.63, 3.8) is 0 Å².